The maximum absolute atomic E-state index is 12.0. The maximum atomic E-state index is 12.0. The molecule has 0 spiro atoms. The van der Waals surface area contributed by atoms with Crippen LogP contribution in [0.3, 0.4) is 0 Å². The van der Waals surface area contributed by atoms with Crippen molar-refractivity contribution in [2.24, 2.45) is 0 Å². The molecular formula is C14H20N2O4S. The highest BCUT2D eigenvalue weighted by molar-refractivity contribution is 7.89. The summed E-state index contributed by atoms with van der Waals surface area (Å²) in [5.74, 6) is -0.191. The fourth-order valence-corrected chi connectivity index (χ4v) is 3.35. The Labute approximate surface area is 124 Å². The number of carbonyl (C=O) groups excluding carboxylic acids is 1. The van der Waals surface area contributed by atoms with Crippen LogP contribution < -0.4 is 10.0 Å². The molecule has 0 unspecified atom stereocenters. The molecule has 1 amide bonds. The van der Waals surface area contributed by atoms with Crippen LogP contribution in [0, 0.1) is 0 Å². The molecule has 1 aliphatic rings. The number of benzene rings is 1. The number of hydrogen-bond donors (Lipinski definition) is 2. The quantitative estimate of drug-likeness (QED) is 0.863. The molecule has 1 atom stereocenters. The van der Waals surface area contributed by atoms with E-state index in [1.54, 1.807) is 26.0 Å². The van der Waals surface area contributed by atoms with E-state index in [0.717, 1.165) is 12.8 Å². The lowest BCUT2D eigenvalue weighted by Gasteiger charge is -2.12. The van der Waals surface area contributed by atoms with Crippen molar-refractivity contribution in [3.05, 3.63) is 24.3 Å². The molecule has 0 radical (unpaired) electrons. The van der Waals surface area contributed by atoms with Crippen LogP contribution in [0.4, 0.5) is 5.69 Å². The van der Waals surface area contributed by atoms with E-state index < -0.39 is 16.1 Å². The van der Waals surface area contributed by atoms with Crippen LogP contribution in [0.15, 0.2) is 29.2 Å². The van der Waals surface area contributed by atoms with Crippen LogP contribution in [0.1, 0.15) is 26.7 Å². The summed E-state index contributed by atoms with van der Waals surface area (Å²) in [4.78, 5) is 12.0. The lowest BCUT2D eigenvalue weighted by Crippen LogP contribution is -2.30. The summed E-state index contributed by atoms with van der Waals surface area (Å²) in [5.41, 5.74) is 0.555. The van der Waals surface area contributed by atoms with Crippen LogP contribution in [-0.2, 0) is 19.6 Å². The van der Waals surface area contributed by atoms with Gasteiger partial charge in [-0.15, -0.1) is 0 Å². The Hall–Kier alpha value is -1.44. The first-order valence-corrected chi connectivity index (χ1v) is 8.41. The van der Waals surface area contributed by atoms with Crippen molar-refractivity contribution in [3.63, 3.8) is 0 Å². The summed E-state index contributed by atoms with van der Waals surface area (Å²) < 4.78 is 31.7. The van der Waals surface area contributed by atoms with Gasteiger partial charge >= 0.3 is 0 Å². The SMILES string of the molecule is CC(C)NS(=O)(=O)c1ccc(NC(=O)[C@H]2CCCO2)cc1. The van der Waals surface area contributed by atoms with Crippen molar-refractivity contribution >= 4 is 21.6 Å². The third-order valence-corrected chi connectivity index (χ3v) is 4.72. The second-order valence-electron chi connectivity index (χ2n) is 5.29. The summed E-state index contributed by atoms with van der Waals surface area (Å²) in [5, 5.41) is 2.72. The molecule has 0 aromatic heterocycles. The first kappa shape index (κ1) is 15.9. The monoisotopic (exact) mass is 312 g/mol. The summed E-state index contributed by atoms with van der Waals surface area (Å²) in [6.07, 6.45) is 1.20. The van der Waals surface area contributed by atoms with E-state index in [9.17, 15) is 13.2 Å². The summed E-state index contributed by atoms with van der Waals surface area (Å²) in [6, 6.07) is 5.91. The molecule has 116 valence electrons. The van der Waals surface area contributed by atoms with Crippen LogP contribution in [0.25, 0.3) is 0 Å². The van der Waals surface area contributed by atoms with Gasteiger partial charge in [0.05, 0.1) is 4.90 Å². The van der Waals surface area contributed by atoms with Crippen molar-refractivity contribution < 1.29 is 17.9 Å². The third kappa shape index (κ3) is 4.26. The summed E-state index contributed by atoms with van der Waals surface area (Å²) in [6.45, 7) is 4.12. The predicted octanol–water partition coefficient (Wildman–Crippen LogP) is 1.49. The van der Waals surface area contributed by atoms with Crippen molar-refractivity contribution in [3.8, 4) is 0 Å². The van der Waals surface area contributed by atoms with Gasteiger partial charge in [0.15, 0.2) is 0 Å². The van der Waals surface area contributed by atoms with Gasteiger partial charge in [0.2, 0.25) is 10.0 Å². The molecule has 6 nitrogen and oxygen atoms in total. The molecule has 7 heteroatoms. The van der Waals surface area contributed by atoms with Gasteiger partial charge < -0.3 is 10.1 Å². The standard InChI is InChI=1S/C14H20N2O4S/c1-10(2)16-21(18,19)12-7-5-11(6-8-12)15-14(17)13-4-3-9-20-13/h5-8,10,13,16H,3-4,9H2,1-2H3,(H,15,17)/t13-/m1/s1. The van der Waals surface area contributed by atoms with Crippen LogP contribution in [0.2, 0.25) is 0 Å². The molecule has 1 saturated heterocycles. The molecule has 0 bridgehead atoms. The Morgan fingerprint density at radius 3 is 2.48 bits per heavy atom. The highest BCUT2D eigenvalue weighted by atomic mass is 32.2. The number of carbonyl (C=O) groups is 1. The van der Waals surface area contributed by atoms with Gasteiger partial charge in [-0.25, -0.2) is 13.1 Å². The zero-order chi connectivity index (χ0) is 15.5. The predicted molar refractivity (Wildman–Crippen MR) is 79.5 cm³/mol. The Morgan fingerprint density at radius 1 is 1.29 bits per heavy atom. The van der Waals surface area contributed by atoms with Crippen molar-refractivity contribution in [1.82, 2.24) is 4.72 Å². The molecule has 1 fully saturated rings. The topological polar surface area (TPSA) is 84.5 Å². The number of anilines is 1. The fraction of sp³-hybridized carbons (Fsp3) is 0.500. The molecule has 2 N–H and O–H groups in total. The third-order valence-electron chi connectivity index (χ3n) is 3.05. The second-order valence-corrected chi connectivity index (χ2v) is 7.01. The van der Waals surface area contributed by atoms with Crippen LogP contribution in [0.5, 0.6) is 0 Å². The molecule has 1 aromatic carbocycles. The van der Waals surface area contributed by atoms with Gasteiger partial charge in [-0.2, -0.15) is 0 Å². The molecule has 0 aliphatic carbocycles. The van der Waals surface area contributed by atoms with E-state index in [1.807, 2.05) is 0 Å². The van der Waals surface area contributed by atoms with E-state index in [4.69, 9.17) is 4.74 Å². The van der Waals surface area contributed by atoms with Gasteiger partial charge in [0.1, 0.15) is 6.10 Å². The van der Waals surface area contributed by atoms with Gasteiger partial charge in [-0.3, -0.25) is 4.79 Å². The van der Waals surface area contributed by atoms with Crippen molar-refractivity contribution in [2.45, 2.75) is 43.7 Å². The minimum Gasteiger partial charge on any atom is -0.368 e. The molecule has 2 rings (SSSR count). The number of ether oxygens (including phenoxy) is 1. The summed E-state index contributed by atoms with van der Waals surface area (Å²) >= 11 is 0. The van der Waals surface area contributed by atoms with Gasteiger partial charge in [0.25, 0.3) is 5.91 Å². The smallest absolute Gasteiger partial charge is 0.253 e. The van der Waals surface area contributed by atoms with Crippen LogP contribution in [-0.4, -0.2) is 33.1 Å². The molecule has 0 saturated carbocycles. The van der Waals surface area contributed by atoms with Gasteiger partial charge in [0, 0.05) is 18.3 Å². The first-order chi connectivity index (χ1) is 9.88. The van der Waals surface area contributed by atoms with E-state index in [0.29, 0.717) is 12.3 Å². The largest absolute Gasteiger partial charge is 0.368 e. The minimum atomic E-state index is -3.51. The number of hydrogen-bond acceptors (Lipinski definition) is 4. The number of amides is 1. The Bertz CT molecular complexity index is 590. The lowest BCUT2D eigenvalue weighted by molar-refractivity contribution is -0.124. The molecule has 21 heavy (non-hydrogen) atoms. The second kappa shape index (κ2) is 6.55. The Morgan fingerprint density at radius 2 is 1.95 bits per heavy atom. The van der Waals surface area contributed by atoms with E-state index in [-0.39, 0.29) is 16.8 Å². The minimum absolute atomic E-state index is 0.172. The normalized spacial score (nSPS) is 18.9. The van der Waals surface area contributed by atoms with Gasteiger partial charge in [-0.1, -0.05) is 0 Å². The first-order valence-electron chi connectivity index (χ1n) is 6.93. The maximum Gasteiger partial charge on any atom is 0.253 e. The molecule has 1 aromatic rings. The summed E-state index contributed by atoms with van der Waals surface area (Å²) in [7, 11) is -3.51. The van der Waals surface area contributed by atoms with E-state index >= 15 is 0 Å². The molecular weight excluding hydrogens is 292 g/mol. The van der Waals surface area contributed by atoms with Crippen LogP contribution >= 0.6 is 0 Å². The average Bonchev–Trinajstić information content (AvgIpc) is 2.91. The highest BCUT2D eigenvalue weighted by Gasteiger charge is 2.23. The van der Waals surface area contributed by atoms with Gasteiger partial charge in [-0.05, 0) is 51.0 Å². The van der Waals surface area contributed by atoms with E-state index in [2.05, 4.69) is 10.0 Å². The van der Waals surface area contributed by atoms with Crippen molar-refractivity contribution in [1.29, 1.82) is 0 Å². The van der Waals surface area contributed by atoms with E-state index in [1.165, 1.54) is 12.1 Å². The fourth-order valence-electron chi connectivity index (χ4n) is 2.10. The number of rotatable bonds is 5. The zero-order valence-electron chi connectivity index (χ0n) is 12.1. The molecule has 1 aliphatic heterocycles. The zero-order valence-corrected chi connectivity index (χ0v) is 12.9. The highest BCUT2D eigenvalue weighted by Crippen LogP contribution is 2.17. The Kier molecular flexibility index (Phi) is 4.97. The van der Waals surface area contributed by atoms with Crippen molar-refractivity contribution in [2.75, 3.05) is 11.9 Å². The lowest BCUT2D eigenvalue weighted by atomic mass is 10.2. The number of sulfonamides is 1. The average molecular weight is 312 g/mol. The number of nitrogens with one attached hydrogen (secondary N) is 2. The Balaban J connectivity index is 2.03. The molecule has 1 heterocycles.